The fourth-order valence-corrected chi connectivity index (χ4v) is 3.78. The zero-order valence-electron chi connectivity index (χ0n) is 18.0. The molecule has 0 aliphatic rings. The zero-order chi connectivity index (χ0) is 23.1. The topological polar surface area (TPSA) is 109 Å². The Morgan fingerprint density at radius 1 is 1.09 bits per heavy atom. The number of benzene rings is 2. The molecule has 9 heteroatoms. The standard InChI is InChI=1S/C24H19N7O2/c1-15-6-7-16(2)19(10-15)20-12-21-23-28-31(24(33)29(23)8-9-30(21)27-20)14-22(32)26-18-5-3-4-17(11-18)13-25/h3-12H,14H2,1-2H3,(H,26,32). The number of nitrogens with one attached hydrogen (secondary N) is 1. The average Bonchev–Trinajstić information content (AvgIpc) is 3.37. The van der Waals surface area contributed by atoms with Gasteiger partial charge in [-0.25, -0.2) is 18.4 Å². The Hall–Kier alpha value is -4.71. The quantitative estimate of drug-likeness (QED) is 0.465. The number of aryl methyl sites for hydroxylation is 2. The third-order valence-electron chi connectivity index (χ3n) is 5.43. The summed E-state index contributed by atoms with van der Waals surface area (Å²) in [7, 11) is 0. The smallest absolute Gasteiger partial charge is 0.324 e. The molecule has 0 saturated heterocycles. The number of anilines is 1. The molecule has 3 aromatic heterocycles. The largest absolute Gasteiger partial charge is 0.350 e. The molecule has 1 amide bonds. The maximum absolute atomic E-state index is 12.8. The van der Waals surface area contributed by atoms with Crippen LogP contribution in [-0.4, -0.2) is 29.7 Å². The van der Waals surface area contributed by atoms with E-state index in [2.05, 4.69) is 33.7 Å². The van der Waals surface area contributed by atoms with Crippen LogP contribution in [0.4, 0.5) is 5.69 Å². The molecule has 5 aromatic rings. The summed E-state index contributed by atoms with van der Waals surface area (Å²) in [5, 5.41) is 20.8. The van der Waals surface area contributed by atoms with E-state index in [1.54, 1.807) is 41.2 Å². The Bertz CT molecular complexity index is 1650. The van der Waals surface area contributed by atoms with E-state index < -0.39 is 11.6 Å². The van der Waals surface area contributed by atoms with Gasteiger partial charge in [-0.1, -0.05) is 23.8 Å². The maximum atomic E-state index is 12.8. The number of nitriles is 1. The SMILES string of the molecule is Cc1ccc(C)c(-c2cc3c4nn(CC(=O)Nc5cccc(C#N)c5)c(=O)n4ccn3n2)c1. The van der Waals surface area contributed by atoms with Gasteiger partial charge in [-0.15, -0.1) is 5.10 Å². The lowest BCUT2D eigenvalue weighted by Crippen LogP contribution is -2.28. The molecule has 0 radical (unpaired) electrons. The number of amides is 1. The summed E-state index contributed by atoms with van der Waals surface area (Å²) in [5.41, 5.74) is 5.57. The second-order valence-electron chi connectivity index (χ2n) is 7.85. The van der Waals surface area contributed by atoms with Crippen LogP contribution >= 0.6 is 0 Å². The third-order valence-corrected chi connectivity index (χ3v) is 5.43. The summed E-state index contributed by atoms with van der Waals surface area (Å²) in [6.07, 6.45) is 3.28. The Morgan fingerprint density at radius 3 is 2.76 bits per heavy atom. The van der Waals surface area contributed by atoms with E-state index in [-0.39, 0.29) is 6.54 Å². The molecule has 0 aliphatic heterocycles. The minimum atomic E-state index is -0.428. The first-order chi connectivity index (χ1) is 15.9. The first kappa shape index (κ1) is 20.2. The number of fused-ring (bicyclic) bond motifs is 3. The van der Waals surface area contributed by atoms with Gasteiger partial charge in [-0.2, -0.15) is 10.4 Å². The average molecular weight is 437 g/mol. The van der Waals surface area contributed by atoms with Crippen LogP contribution in [0.3, 0.4) is 0 Å². The van der Waals surface area contributed by atoms with Crippen molar-refractivity contribution < 1.29 is 4.79 Å². The first-order valence-corrected chi connectivity index (χ1v) is 10.3. The number of nitrogens with zero attached hydrogens (tertiary/aromatic N) is 6. The number of aromatic nitrogens is 5. The van der Waals surface area contributed by atoms with Crippen molar-refractivity contribution in [3.63, 3.8) is 0 Å². The van der Waals surface area contributed by atoms with Gasteiger partial charge in [-0.3, -0.25) is 4.79 Å². The van der Waals surface area contributed by atoms with Crippen LogP contribution in [0.2, 0.25) is 0 Å². The van der Waals surface area contributed by atoms with E-state index in [9.17, 15) is 9.59 Å². The van der Waals surface area contributed by atoms with Crippen LogP contribution in [0, 0.1) is 25.2 Å². The number of carbonyl (C=O) groups excluding carboxylic acids is 1. The van der Waals surface area contributed by atoms with Gasteiger partial charge in [0.15, 0.2) is 5.65 Å². The van der Waals surface area contributed by atoms with E-state index in [1.807, 2.05) is 26.0 Å². The minimum absolute atomic E-state index is 0.262. The summed E-state index contributed by atoms with van der Waals surface area (Å²) < 4.78 is 4.19. The molecule has 2 aromatic carbocycles. The van der Waals surface area contributed by atoms with Gasteiger partial charge in [0.1, 0.15) is 12.1 Å². The van der Waals surface area contributed by atoms with Gasteiger partial charge in [0.2, 0.25) is 5.91 Å². The van der Waals surface area contributed by atoms with E-state index in [4.69, 9.17) is 5.26 Å². The summed E-state index contributed by atoms with van der Waals surface area (Å²) in [6, 6.07) is 16.7. The van der Waals surface area contributed by atoms with Crippen LogP contribution < -0.4 is 11.0 Å². The molecule has 1 N–H and O–H groups in total. The molecule has 0 fully saturated rings. The molecule has 33 heavy (non-hydrogen) atoms. The molecular weight excluding hydrogens is 418 g/mol. The van der Waals surface area contributed by atoms with Crippen molar-refractivity contribution in [1.29, 1.82) is 5.26 Å². The molecule has 9 nitrogen and oxygen atoms in total. The molecule has 0 unspecified atom stereocenters. The molecule has 3 heterocycles. The van der Waals surface area contributed by atoms with E-state index in [0.717, 1.165) is 27.1 Å². The molecule has 0 aliphatic carbocycles. The van der Waals surface area contributed by atoms with Crippen molar-refractivity contribution in [3.05, 3.63) is 88.1 Å². The Labute approximate surface area is 188 Å². The van der Waals surface area contributed by atoms with Crippen molar-refractivity contribution in [2.24, 2.45) is 0 Å². The monoisotopic (exact) mass is 437 g/mol. The Kier molecular flexibility index (Phi) is 4.75. The van der Waals surface area contributed by atoms with Crippen LogP contribution in [-0.2, 0) is 11.3 Å². The summed E-state index contributed by atoms with van der Waals surface area (Å²) >= 11 is 0. The summed E-state index contributed by atoms with van der Waals surface area (Å²) in [5.74, 6) is -0.420. The Balaban J connectivity index is 1.50. The normalized spacial score (nSPS) is 11.1. The van der Waals surface area contributed by atoms with Gasteiger partial charge >= 0.3 is 5.69 Å². The predicted molar refractivity (Wildman–Crippen MR) is 123 cm³/mol. The van der Waals surface area contributed by atoms with E-state index >= 15 is 0 Å². The summed E-state index contributed by atoms with van der Waals surface area (Å²) in [4.78, 5) is 25.4. The van der Waals surface area contributed by atoms with E-state index in [0.29, 0.717) is 22.4 Å². The number of carbonyl (C=O) groups is 1. The van der Waals surface area contributed by atoms with Gasteiger partial charge < -0.3 is 5.32 Å². The van der Waals surface area contributed by atoms with Crippen LogP contribution in [0.5, 0.6) is 0 Å². The van der Waals surface area contributed by atoms with Crippen LogP contribution in [0.1, 0.15) is 16.7 Å². The van der Waals surface area contributed by atoms with Crippen LogP contribution in [0.25, 0.3) is 22.4 Å². The van der Waals surface area contributed by atoms with Crippen molar-refractivity contribution in [3.8, 4) is 17.3 Å². The third kappa shape index (κ3) is 3.64. The highest BCUT2D eigenvalue weighted by atomic mass is 16.2. The zero-order valence-corrected chi connectivity index (χ0v) is 18.0. The first-order valence-electron chi connectivity index (χ1n) is 10.3. The van der Waals surface area contributed by atoms with Crippen molar-refractivity contribution >= 4 is 22.8 Å². The number of rotatable bonds is 4. The van der Waals surface area contributed by atoms with Gasteiger partial charge in [0.05, 0.1) is 17.3 Å². The Morgan fingerprint density at radius 2 is 1.94 bits per heavy atom. The lowest BCUT2D eigenvalue weighted by molar-refractivity contribution is -0.117. The fraction of sp³-hybridized carbons (Fsp3) is 0.125. The fourth-order valence-electron chi connectivity index (χ4n) is 3.78. The lowest BCUT2D eigenvalue weighted by Gasteiger charge is -2.04. The second-order valence-corrected chi connectivity index (χ2v) is 7.85. The van der Waals surface area contributed by atoms with Crippen molar-refractivity contribution in [2.75, 3.05) is 5.32 Å². The van der Waals surface area contributed by atoms with Crippen molar-refractivity contribution in [1.82, 2.24) is 23.8 Å². The number of hydrogen-bond donors (Lipinski definition) is 1. The minimum Gasteiger partial charge on any atom is -0.324 e. The van der Waals surface area contributed by atoms with Gasteiger partial charge in [0, 0.05) is 23.6 Å². The molecule has 5 rings (SSSR count). The molecule has 0 spiro atoms. The molecule has 0 bridgehead atoms. The van der Waals surface area contributed by atoms with Gasteiger partial charge in [0.25, 0.3) is 0 Å². The predicted octanol–water partition coefficient (Wildman–Crippen LogP) is 2.94. The molecular formula is C24H19N7O2. The summed E-state index contributed by atoms with van der Waals surface area (Å²) in [6.45, 7) is 3.79. The van der Waals surface area contributed by atoms with Gasteiger partial charge in [-0.05, 0) is 49.7 Å². The highest BCUT2D eigenvalue weighted by Crippen LogP contribution is 2.25. The van der Waals surface area contributed by atoms with Crippen LogP contribution in [0.15, 0.2) is 65.7 Å². The second kappa shape index (κ2) is 7.76. The maximum Gasteiger partial charge on any atom is 0.350 e. The molecule has 162 valence electrons. The number of hydrogen-bond acceptors (Lipinski definition) is 5. The molecule has 0 atom stereocenters. The molecule has 0 saturated carbocycles. The lowest BCUT2D eigenvalue weighted by atomic mass is 10.0. The highest BCUT2D eigenvalue weighted by Gasteiger charge is 2.16. The van der Waals surface area contributed by atoms with Crippen molar-refractivity contribution in [2.45, 2.75) is 20.4 Å². The van der Waals surface area contributed by atoms with E-state index in [1.165, 1.54) is 4.40 Å². The highest BCUT2D eigenvalue weighted by molar-refractivity contribution is 5.90.